The zero-order chi connectivity index (χ0) is 19.2. The lowest BCUT2D eigenvalue weighted by Gasteiger charge is -2.25. The predicted octanol–water partition coefficient (Wildman–Crippen LogP) is 2.82. The van der Waals surface area contributed by atoms with Gasteiger partial charge in [0.2, 0.25) is 0 Å². The molecule has 0 saturated carbocycles. The number of benzene rings is 1. The highest BCUT2D eigenvalue weighted by molar-refractivity contribution is 7.18. The smallest absolute Gasteiger partial charge is 0.325 e. The lowest BCUT2D eigenvalue weighted by Crippen LogP contribution is -2.41. The number of rotatable bonds is 4. The third kappa shape index (κ3) is 3.04. The second-order valence-electron chi connectivity index (χ2n) is 6.33. The Balaban J connectivity index is 1.59. The van der Waals surface area contributed by atoms with E-state index in [1.807, 2.05) is 0 Å². The molecule has 2 aliphatic heterocycles. The van der Waals surface area contributed by atoms with E-state index in [-0.39, 0.29) is 12.3 Å². The van der Waals surface area contributed by atoms with E-state index in [2.05, 4.69) is 5.32 Å². The number of carbonyl (C=O) groups is 3. The number of hydrogen-bond acceptors (Lipinski definition) is 6. The van der Waals surface area contributed by atoms with Crippen LogP contribution >= 0.6 is 22.9 Å². The third-order valence-corrected chi connectivity index (χ3v) is 5.82. The molecule has 27 heavy (non-hydrogen) atoms. The maximum absolute atomic E-state index is 13.0. The SMILES string of the molecule is C[C@]1(c2ccc3c(c2)OCCO3)NC(=O)N(CC(=O)c2ccc(Cl)s2)C1=O. The van der Waals surface area contributed by atoms with Crippen molar-refractivity contribution >= 4 is 40.7 Å². The number of urea groups is 1. The van der Waals surface area contributed by atoms with Crippen molar-refractivity contribution in [2.45, 2.75) is 12.5 Å². The molecule has 0 radical (unpaired) electrons. The Morgan fingerprint density at radius 1 is 1.22 bits per heavy atom. The largest absolute Gasteiger partial charge is 0.486 e. The fraction of sp³-hybridized carbons (Fsp3) is 0.278. The minimum atomic E-state index is -1.29. The molecule has 7 nitrogen and oxygen atoms in total. The Bertz CT molecular complexity index is 959. The molecule has 1 aromatic carbocycles. The molecule has 0 spiro atoms. The highest BCUT2D eigenvalue weighted by atomic mass is 35.5. The summed E-state index contributed by atoms with van der Waals surface area (Å²) in [4.78, 5) is 39.1. The van der Waals surface area contributed by atoms with Gasteiger partial charge in [0.15, 0.2) is 17.3 Å². The molecule has 2 aliphatic rings. The van der Waals surface area contributed by atoms with Crippen molar-refractivity contribution in [3.63, 3.8) is 0 Å². The predicted molar refractivity (Wildman–Crippen MR) is 98.7 cm³/mol. The third-order valence-electron chi connectivity index (χ3n) is 4.54. The Morgan fingerprint density at radius 3 is 2.67 bits per heavy atom. The number of hydrogen-bond donors (Lipinski definition) is 1. The summed E-state index contributed by atoms with van der Waals surface area (Å²) in [6, 6.07) is 7.65. The van der Waals surface area contributed by atoms with Gasteiger partial charge in [0.1, 0.15) is 18.8 Å². The van der Waals surface area contributed by atoms with Crippen molar-refractivity contribution in [3.05, 3.63) is 45.1 Å². The minimum Gasteiger partial charge on any atom is -0.486 e. The maximum atomic E-state index is 13.0. The lowest BCUT2D eigenvalue weighted by molar-refractivity contribution is -0.130. The monoisotopic (exact) mass is 406 g/mol. The molecule has 3 heterocycles. The molecule has 0 bridgehead atoms. The molecular formula is C18H15ClN2O5S. The van der Waals surface area contributed by atoms with Crippen molar-refractivity contribution in [1.82, 2.24) is 10.2 Å². The fourth-order valence-corrected chi connectivity index (χ4v) is 4.05. The van der Waals surface area contributed by atoms with Crippen LogP contribution in [0.2, 0.25) is 4.34 Å². The van der Waals surface area contributed by atoms with Gasteiger partial charge in [-0.05, 0) is 36.8 Å². The van der Waals surface area contributed by atoms with Gasteiger partial charge in [0.25, 0.3) is 5.91 Å². The quantitative estimate of drug-likeness (QED) is 0.623. The summed E-state index contributed by atoms with van der Waals surface area (Å²) in [5.41, 5.74) is -0.737. The number of fused-ring (bicyclic) bond motifs is 1. The van der Waals surface area contributed by atoms with Gasteiger partial charge in [0, 0.05) is 0 Å². The van der Waals surface area contributed by atoms with Gasteiger partial charge in [-0.15, -0.1) is 11.3 Å². The molecule has 1 aromatic heterocycles. The molecule has 0 aliphatic carbocycles. The van der Waals surface area contributed by atoms with E-state index in [1.54, 1.807) is 37.3 Å². The second kappa shape index (κ2) is 6.54. The number of Topliss-reactive ketones (excluding diaryl/α,β-unsaturated/α-hetero) is 1. The normalized spacial score (nSPS) is 21.3. The van der Waals surface area contributed by atoms with E-state index in [0.29, 0.717) is 39.5 Å². The van der Waals surface area contributed by atoms with Gasteiger partial charge in [-0.1, -0.05) is 17.7 Å². The average molecular weight is 407 g/mol. The van der Waals surface area contributed by atoms with Gasteiger partial charge in [-0.25, -0.2) is 4.79 Å². The molecule has 1 N–H and O–H groups in total. The minimum absolute atomic E-state index is 0.346. The van der Waals surface area contributed by atoms with Crippen LogP contribution in [-0.2, 0) is 10.3 Å². The summed E-state index contributed by atoms with van der Waals surface area (Å²) in [7, 11) is 0. The molecule has 1 atom stereocenters. The Labute approximate surface area is 163 Å². The van der Waals surface area contributed by atoms with Crippen LogP contribution in [0.5, 0.6) is 11.5 Å². The average Bonchev–Trinajstić information content (AvgIpc) is 3.19. The first-order valence-corrected chi connectivity index (χ1v) is 9.41. The van der Waals surface area contributed by atoms with Gasteiger partial charge < -0.3 is 14.8 Å². The molecule has 1 saturated heterocycles. The molecule has 4 rings (SSSR count). The Morgan fingerprint density at radius 2 is 1.96 bits per heavy atom. The fourth-order valence-electron chi connectivity index (χ4n) is 3.08. The van der Waals surface area contributed by atoms with E-state index in [9.17, 15) is 14.4 Å². The van der Waals surface area contributed by atoms with E-state index >= 15 is 0 Å². The van der Waals surface area contributed by atoms with Crippen LogP contribution in [-0.4, -0.2) is 42.4 Å². The Kier molecular flexibility index (Phi) is 4.32. The van der Waals surface area contributed by atoms with Crippen molar-refractivity contribution < 1.29 is 23.9 Å². The molecule has 0 unspecified atom stereocenters. The van der Waals surface area contributed by atoms with Crippen LogP contribution in [0.25, 0.3) is 0 Å². The number of halogens is 1. The summed E-state index contributed by atoms with van der Waals surface area (Å²) < 4.78 is 11.5. The highest BCUT2D eigenvalue weighted by Gasteiger charge is 2.49. The zero-order valence-corrected chi connectivity index (χ0v) is 15.9. The number of nitrogens with zero attached hydrogens (tertiary/aromatic N) is 1. The summed E-state index contributed by atoms with van der Waals surface area (Å²) in [6.45, 7) is 2.13. The van der Waals surface area contributed by atoms with Crippen molar-refractivity contribution in [1.29, 1.82) is 0 Å². The number of carbonyl (C=O) groups excluding carboxylic acids is 3. The van der Waals surface area contributed by atoms with Crippen molar-refractivity contribution in [3.8, 4) is 11.5 Å². The van der Waals surface area contributed by atoms with Crippen LogP contribution in [0.1, 0.15) is 22.2 Å². The lowest BCUT2D eigenvalue weighted by atomic mass is 9.91. The molecule has 9 heteroatoms. The van der Waals surface area contributed by atoms with Gasteiger partial charge >= 0.3 is 6.03 Å². The summed E-state index contributed by atoms with van der Waals surface area (Å²) in [5.74, 6) is 0.263. The highest BCUT2D eigenvalue weighted by Crippen LogP contribution is 2.37. The van der Waals surface area contributed by atoms with Crippen molar-refractivity contribution in [2.24, 2.45) is 0 Å². The van der Waals surface area contributed by atoms with Crippen LogP contribution in [0, 0.1) is 0 Å². The van der Waals surface area contributed by atoms with Gasteiger partial charge in [-0.3, -0.25) is 14.5 Å². The van der Waals surface area contributed by atoms with E-state index in [4.69, 9.17) is 21.1 Å². The van der Waals surface area contributed by atoms with Crippen LogP contribution in [0.3, 0.4) is 0 Å². The van der Waals surface area contributed by atoms with E-state index in [0.717, 1.165) is 16.2 Å². The molecule has 1 fully saturated rings. The number of nitrogens with one attached hydrogen (secondary N) is 1. The van der Waals surface area contributed by atoms with Crippen molar-refractivity contribution in [2.75, 3.05) is 19.8 Å². The topological polar surface area (TPSA) is 84.9 Å². The first kappa shape index (κ1) is 17.8. The Hall–Kier alpha value is -2.58. The van der Waals surface area contributed by atoms with Gasteiger partial charge in [-0.2, -0.15) is 0 Å². The number of imide groups is 1. The maximum Gasteiger partial charge on any atom is 0.325 e. The summed E-state index contributed by atoms with van der Waals surface area (Å²) in [5, 5.41) is 2.68. The molecule has 3 amide bonds. The van der Waals surface area contributed by atoms with Crippen LogP contribution in [0.4, 0.5) is 4.79 Å². The summed E-state index contributed by atoms with van der Waals surface area (Å²) >= 11 is 6.96. The zero-order valence-electron chi connectivity index (χ0n) is 14.3. The number of amides is 3. The van der Waals surface area contributed by atoms with Crippen LogP contribution in [0.15, 0.2) is 30.3 Å². The molecule has 140 valence electrons. The molecular weight excluding hydrogens is 392 g/mol. The number of thiophene rings is 1. The van der Waals surface area contributed by atoms with E-state index < -0.39 is 17.5 Å². The first-order chi connectivity index (χ1) is 12.9. The summed E-state index contributed by atoms with van der Waals surface area (Å²) in [6.07, 6.45) is 0. The second-order valence-corrected chi connectivity index (χ2v) is 8.05. The van der Waals surface area contributed by atoms with Gasteiger partial charge in [0.05, 0.1) is 15.8 Å². The number of ketones is 1. The molecule has 2 aromatic rings. The van der Waals surface area contributed by atoms with Crippen LogP contribution < -0.4 is 14.8 Å². The van der Waals surface area contributed by atoms with E-state index in [1.165, 1.54) is 0 Å². The first-order valence-electron chi connectivity index (χ1n) is 8.21. The standard InChI is InChI=1S/C18H15ClN2O5S/c1-18(10-2-3-12-13(8-10)26-7-6-25-12)16(23)21(17(24)20-18)9-11(22)14-4-5-15(19)27-14/h2-5,8H,6-7,9H2,1H3,(H,20,24)/t18-/m1/s1. The number of ether oxygens (including phenoxy) is 2.